The second kappa shape index (κ2) is 85.9. The van der Waals surface area contributed by atoms with Crippen LogP contribution in [0.1, 0.15) is 0 Å². The van der Waals surface area contributed by atoms with Crippen LogP contribution in [0.4, 0.5) is 0 Å². The zero-order valence-corrected chi connectivity index (χ0v) is 4.37. The molecule has 0 saturated heterocycles. The maximum atomic E-state index is 0. The van der Waals surface area contributed by atoms with Crippen LogP contribution in [0.2, 0.25) is 0 Å². The largest absolute Gasteiger partial charge is 3.00 e. The minimum Gasteiger partial charge on any atom is -0.358 e. The standard InChI is InChI=1S/3CH3.Co/h3*1H3;/q3*-1;+3. The Bertz CT molecular complexity index is 3.25. The Morgan fingerprint density at radius 1 is 0.500 bits per heavy atom. The average molecular weight is 104 g/mol. The molecule has 1 heteroatoms. The van der Waals surface area contributed by atoms with Crippen molar-refractivity contribution in [3.8, 4) is 0 Å². The van der Waals surface area contributed by atoms with Crippen molar-refractivity contribution in [3.63, 3.8) is 0 Å². The van der Waals surface area contributed by atoms with Crippen molar-refractivity contribution in [2.24, 2.45) is 0 Å². The van der Waals surface area contributed by atoms with Crippen molar-refractivity contribution in [3.05, 3.63) is 22.3 Å². The van der Waals surface area contributed by atoms with E-state index in [1.165, 1.54) is 0 Å². The molecule has 0 saturated carbocycles. The van der Waals surface area contributed by atoms with Gasteiger partial charge < -0.3 is 22.3 Å². The van der Waals surface area contributed by atoms with Gasteiger partial charge in [-0.1, -0.05) is 0 Å². The molecule has 0 aliphatic heterocycles. The zero-order valence-electron chi connectivity index (χ0n) is 3.33. The van der Waals surface area contributed by atoms with E-state index in [4.69, 9.17) is 0 Å². The van der Waals surface area contributed by atoms with Gasteiger partial charge in [0, 0.05) is 0 Å². The summed E-state index contributed by atoms with van der Waals surface area (Å²) in [5.74, 6) is 0. The summed E-state index contributed by atoms with van der Waals surface area (Å²) in [7, 11) is 0. The van der Waals surface area contributed by atoms with Crippen LogP contribution in [-0.4, -0.2) is 0 Å². The molecule has 0 aromatic carbocycles. The first-order chi connectivity index (χ1) is 0. The van der Waals surface area contributed by atoms with E-state index in [0.717, 1.165) is 0 Å². The molecule has 0 radical (unpaired) electrons. The minimum absolute atomic E-state index is 0. The molecule has 0 unspecified atom stereocenters. The zero-order chi connectivity index (χ0) is 0. The van der Waals surface area contributed by atoms with E-state index >= 15 is 0 Å². The van der Waals surface area contributed by atoms with Crippen LogP contribution in [0.3, 0.4) is 0 Å². The normalized spacial score (nSPS) is 0. The van der Waals surface area contributed by atoms with E-state index in [1.807, 2.05) is 0 Å². The molecule has 0 bridgehead atoms. The monoisotopic (exact) mass is 104 g/mol. The smallest absolute Gasteiger partial charge is 0.358 e. The van der Waals surface area contributed by atoms with Crippen molar-refractivity contribution in [2.75, 3.05) is 0 Å². The van der Waals surface area contributed by atoms with Gasteiger partial charge in [-0.25, -0.2) is 0 Å². The molecule has 0 N–H and O–H groups in total. The van der Waals surface area contributed by atoms with Gasteiger partial charge in [-0.3, -0.25) is 0 Å². The van der Waals surface area contributed by atoms with Crippen molar-refractivity contribution in [2.45, 2.75) is 0 Å². The molecule has 0 aliphatic carbocycles. The Balaban J connectivity index is 0. The first-order valence-corrected chi connectivity index (χ1v) is 0. The van der Waals surface area contributed by atoms with Gasteiger partial charge in [-0.15, -0.1) is 0 Å². The molecule has 0 aromatic heterocycles. The molecule has 0 aliphatic rings. The van der Waals surface area contributed by atoms with Crippen LogP contribution in [0.5, 0.6) is 0 Å². The fourth-order valence-corrected chi connectivity index (χ4v) is 0. The molecule has 0 fully saturated rings. The predicted molar refractivity (Wildman–Crippen MR) is 19.2 cm³/mol. The summed E-state index contributed by atoms with van der Waals surface area (Å²) in [5.41, 5.74) is 0. The maximum Gasteiger partial charge on any atom is 3.00 e. The van der Waals surface area contributed by atoms with Gasteiger partial charge in [-0.2, -0.15) is 0 Å². The fourth-order valence-electron chi connectivity index (χ4n) is 0. The SMILES string of the molecule is [CH3-].[CH3-].[CH3-].[Co+3]. The van der Waals surface area contributed by atoms with E-state index in [2.05, 4.69) is 0 Å². The van der Waals surface area contributed by atoms with Crippen molar-refractivity contribution in [1.29, 1.82) is 0 Å². The van der Waals surface area contributed by atoms with Crippen molar-refractivity contribution < 1.29 is 16.8 Å². The topological polar surface area (TPSA) is 0 Å². The number of hydrogen-bond acceptors (Lipinski definition) is 0. The van der Waals surface area contributed by atoms with Crippen LogP contribution in [0.15, 0.2) is 0 Å². The summed E-state index contributed by atoms with van der Waals surface area (Å²) in [6.45, 7) is 0. The molecule has 30 valence electrons. The molecular formula is C3H9Co. The van der Waals surface area contributed by atoms with Gasteiger partial charge in [0.1, 0.15) is 0 Å². The van der Waals surface area contributed by atoms with Crippen LogP contribution >= 0.6 is 0 Å². The Morgan fingerprint density at radius 2 is 0.500 bits per heavy atom. The van der Waals surface area contributed by atoms with Crippen LogP contribution < -0.4 is 0 Å². The predicted octanol–water partition coefficient (Wildman–Crippen LogP) is 1.35. The van der Waals surface area contributed by atoms with Crippen molar-refractivity contribution >= 4 is 0 Å². The third-order valence-corrected chi connectivity index (χ3v) is 0. The van der Waals surface area contributed by atoms with E-state index in [1.54, 1.807) is 0 Å². The molecule has 4 heavy (non-hydrogen) atoms. The molecule has 0 atom stereocenters. The van der Waals surface area contributed by atoms with Gasteiger partial charge in [0.05, 0.1) is 0 Å². The summed E-state index contributed by atoms with van der Waals surface area (Å²) >= 11 is 0. The Morgan fingerprint density at radius 3 is 0.500 bits per heavy atom. The molecule has 0 spiro atoms. The summed E-state index contributed by atoms with van der Waals surface area (Å²) < 4.78 is 0. The van der Waals surface area contributed by atoms with Gasteiger partial charge in [0.25, 0.3) is 0 Å². The molecule has 0 heterocycles. The Hall–Kier alpha value is 0.506. The first kappa shape index (κ1) is 216. The number of rotatable bonds is 0. The first-order valence-electron chi connectivity index (χ1n) is 0. The van der Waals surface area contributed by atoms with Gasteiger partial charge in [0.15, 0.2) is 0 Å². The van der Waals surface area contributed by atoms with E-state index in [-0.39, 0.29) is 39.1 Å². The second-order valence-electron chi connectivity index (χ2n) is 0. The molecular weight excluding hydrogens is 95.0 g/mol. The van der Waals surface area contributed by atoms with Crippen LogP contribution in [-0.2, 0) is 16.8 Å². The summed E-state index contributed by atoms with van der Waals surface area (Å²) in [4.78, 5) is 0. The average Bonchev–Trinajstić information content (AvgIpc) is 0. The fraction of sp³-hybridized carbons (Fsp3) is 0. The third-order valence-electron chi connectivity index (χ3n) is 0. The van der Waals surface area contributed by atoms with E-state index in [0.29, 0.717) is 0 Å². The third kappa shape index (κ3) is 22.2. The molecule has 0 amide bonds. The summed E-state index contributed by atoms with van der Waals surface area (Å²) in [6.07, 6.45) is 0. The quantitative estimate of drug-likeness (QED) is 0.407. The van der Waals surface area contributed by atoms with Gasteiger partial charge in [0.2, 0.25) is 0 Å². The number of hydrogen-bond donors (Lipinski definition) is 0. The Labute approximate surface area is 39.8 Å². The van der Waals surface area contributed by atoms with E-state index in [9.17, 15) is 0 Å². The molecule has 0 nitrogen and oxygen atoms in total. The second-order valence-corrected chi connectivity index (χ2v) is 0. The Kier molecular flexibility index (Phi) is 4640. The summed E-state index contributed by atoms with van der Waals surface area (Å²) in [5, 5.41) is 0. The van der Waals surface area contributed by atoms with Gasteiger partial charge >= 0.3 is 16.8 Å². The van der Waals surface area contributed by atoms with Crippen LogP contribution in [0.25, 0.3) is 0 Å². The van der Waals surface area contributed by atoms with Gasteiger partial charge in [-0.05, 0) is 0 Å². The van der Waals surface area contributed by atoms with Crippen molar-refractivity contribution in [1.82, 2.24) is 0 Å². The molecule has 0 rings (SSSR count). The van der Waals surface area contributed by atoms with Crippen LogP contribution in [0, 0.1) is 22.3 Å². The maximum absolute atomic E-state index is 0. The van der Waals surface area contributed by atoms with E-state index < -0.39 is 0 Å². The summed E-state index contributed by atoms with van der Waals surface area (Å²) in [6, 6.07) is 0. The minimum atomic E-state index is 0. The molecule has 0 aromatic rings.